The number of aromatic carboxylic acids is 1. The van der Waals surface area contributed by atoms with E-state index in [4.69, 9.17) is 21.3 Å². The average Bonchev–Trinajstić information content (AvgIpc) is 3.35. The summed E-state index contributed by atoms with van der Waals surface area (Å²) < 4.78 is 21.8. The van der Waals surface area contributed by atoms with Crippen LogP contribution in [-0.4, -0.2) is 43.6 Å². The van der Waals surface area contributed by atoms with E-state index in [1.54, 1.807) is 18.2 Å². The van der Waals surface area contributed by atoms with E-state index in [9.17, 15) is 14.3 Å². The number of carboxylic acids is 1. The van der Waals surface area contributed by atoms with E-state index >= 15 is 0 Å². The first-order chi connectivity index (χ1) is 17.3. The third-order valence-electron chi connectivity index (χ3n) is 6.35. The summed E-state index contributed by atoms with van der Waals surface area (Å²) in [5.74, 6) is 0.0372. The number of thiophene rings is 1. The van der Waals surface area contributed by atoms with Crippen LogP contribution in [0.2, 0.25) is 5.02 Å². The smallest absolute Gasteiger partial charge is 0.346 e. The van der Waals surface area contributed by atoms with Crippen molar-refractivity contribution in [1.82, 2.24) is 19.4 Å². The molecule has 36 heavy (non-hydrogen) atoms. The predicted molar refractivity (Wildman–Crippen MR) is 138 cm³/mol. The maximum Gasteiger partial charge on any atom is 0.346 e. The molecular weight excluding hydrogens is 503 g/mol. The molecule has 10 heteroatoms. The summed E-state index contributed by atoms with van der Waals surface area (Å²) in [6.45, 7) is 4.17. The molecule has 0 unspecified atom stereocenters. The van der Waals surface area contributed by atoms with Gasteiger partial charge >= 0.3 is 5.97 Å². The molecule has 0 saturated heterocycles. The van der Waals surface area contributed by atoms with Crippen LogP contribution >= 0.6 is 22.9 Å². The lowest BCUT2D eigenvalue weighted by molar-refractivity contribution is 0.0701. The van der Waals surface area contributed by atoms with Gasteiger partial charge < -0.3 is 14.4 Å². The molecule has 186 valence electrons. The molecule has 1 N–H and O–H groups in total. The van der Waals surface area contributed by atoms with E-state index in [-0.39, 0.29) is 6.61 Å². The number of imidazole rings is 1. The Morgan fingerprint density at radius 2 is 2.11 bits per heavy atom. The van der Waals surface area contributed by atoms with E-state index in [0.717, 1.165) is 52.5 Å². The van der Waals surface area contributed by atoms with Gasteiger partial charge in [0.25, 0.3) is 0 Å². The second-order valence-corrected chi connectivity index (χ2v) is 10.1. The zero-order chi connectivity index (χ0) is 25.4. The van der Waals surface area contributed by atoms with Gasteiger partial charge in [-0.2, -0.15) is 0 Å². The van der Waals surface area contributed by atoms with Crippen LogP contribution in [0.1, 0.15) is 38.7 Å². The van der Waals surface area contributed by atoms with Crippen molar-refractivity contribution in [3.63, 3.8) is 0 Å². The molecule has 0 spiro atoms. The summed E-state index contributed by atoms with van der Waals surface area (Å²) >= 11 is 7.04. The van der Waals surface area contributed by atoms with Gasteiger partial charge in [0.2, 0.25) is 5.88 Å². The van der Waals surface area contributed by atoms with Crippen LogP contribution in [0.3, 0.4) is 0 Å². The number of halogens is 2. The second-order valence-electron chi connectivity index (χ2n) is 8.70. The van der Waals surface area contributed by atoms with Crippen LogP contribution in [0.15, 0.2) is 42.5 Å². The van der Waals surface area contributed by atoms with Crippen LogP contribution in [0.25, 0.3) is 15.9 Å². The van der Waals surface area contributed by atoms with Crippen molar-refractivity contribution in [1.29, 1.82) is 0 Å². The first kappa shape index (κ1) is 24.4. The van der Waals surface area contributed by atoms with Crippen LogP contribution in [0.4, 0.5) is 4.39 Å². The Hall–Kier alpha value is -3.27. The highest BCUT2D eigenvalue weighted by Crippen LogP contribution is 2.31. The summed E-state index contributed by atoms with van der Waals surface area (Å²) in [6.07, 6.45) is 2.98. The van der Waals surface area contributed by atoms with Crippen LogP contribution < -0.4 is 4.74 Å². The maximum atomic E-state index is 14.0. The summed E-state index contributed by atoms with van der Waals surface area (Å²) in [4.78, 5) is 24.1. The average molecular weight is 527 g/mol. The van der Waals surface area contributed by atoms with E-state index in [1.807, 2.05) is 30.7 Å². The van der Waals surface area contributed by atoms with E-state index in [2.05, 4.69) is 16.0 Å². The molecule has 0 radical (unpaired) electrons. The predicted octanol–water partition coefficient (Wildman–Crippen LogP) is 5.70. The quantitative estimate of drug-likeness (QED) is 0.333. The van der Waals surface area contributed by atoms with Crippen molar-refractivity contribution < 1.29 is 19.0 Å². The first-order valence-electron chi connectivity index (χ1n) is 11.4. The summed E-state index contributed by atoms with van der Waals surface area (Å²) in [7, 11) is 1.94. The van der Waals surface area contributed by atoms with E-state index in [1.165, 1.54) is 17.4 Å². The fourth-order valence-corrected chi connectivity index (χ4v) is 5.61. The second kappa shape index (κ2) is 10.0. The number of fused-ring (bicyclic) bond motifs is 1. The number of carbonyl (C=O) groups is 1. The molecule has 0 atom stereocenters. The zero-order valence-corrected chi connectivity index (χ0v) is 21.4. The Bertz CT molecular complexity index is 1500. The lowest BCUT2D eigenvalue weighted by Gasteiger charge is -2.26. The Balaban J connectivity index is 1.24. The number of hydrogen-bond donors (Lipinski definition) is 1. The number of hydrogen-bond acceptors (Lipinski definition) is 6. The highest BCUT2D eigenvalue weighted by atomic mass is 35.5. The third-order valence-corrected chi connectivity index (χ3v) is 7.74. The molecule has 0 bridgehead atoms. The number of nitrogens with zero attached hydrogens (tertiary/aromatic N) is 4. The lowest BCUT2D eigenvalue weighted by atomic mass is 10.0. The summed E-state index contributed by atoms with van der Waals surface area (Å²) in [6, 6.07) is 10.1. The highest BCUT2D eigenvalue weighted by Gasteiger charge is 2.22. The van der Waals surface area contributed by atoms with E-state index < -0.39 is 11.8 Å². The van der Waals surface area contributed by atoms with Gasteiger partial charge in [-0.1, -0.05) is 29.8 Å². The fraction of sp³-hybridized carbons (Fsp3) is 0.269. The number of rotatable bonds is 7. The number of benzene rings is 1. The monoisotopic (exact) mass is 526 g/mol. The molecule has 7 nitrogen and oxygen atoms in total. The minimum atomic E-state index is -0.911. The summed E-state index contributed by atoms with van der Waals surface area (Å²) in [5.41, 5.74) is 4.05. The van der Waals surface area contributed by atoms with Crippen LogP contribution in [0.5, 0.6) is 5.88 Å². The third kappa shape index (κ3) is 4.86. The van der Waals surface area contributed by atoms with Crippen molar-refractivity contribution in [2.45, 2.75) is 26.5 Å². The van der Waals surface area contributed by atoms with Gasteiger partial charge in [0, 0.05) is 42.4 Å². The Morgan fingerprint density at radius 1 is 1.28 bits per heavy atom. The number of aromatic nitrogens is 3. The van der Waals surface area contributed by atoms with Crippen molar-refractivity contribution in [3.8, 4) is 5.88 Å². The number of carboxylic acid groups (broad SMARTS) is 1. The Morgan fingerprint density at radius 3 is 2.81 bits per heavy atom. The van der Waals surface area contributed by atoms with Crippen molar-refractivity contribution in [2.75, 3.05) is 13.1 Å². The SMILES string of the molecule is Cc1c(C(=O)O)sc2nc(CN3CC=C(c4cccc(OCc5ccc(Cl)cc5F)n4)CC3)n(C)c12. The number of aryl methyl sites for hydroxylation is 2. The molecule has 4 aromatic rings. The topological polar surface area (TPSA) is 80.5 Å². The largest absolute Gasteiger partial charge is 0.477 e. The molecule has 1 aliphatic heterocycles. The van der Waals surface area contributed by atoms with Gasteiger partial charge in [-0.25, -0.2) is 19.2 Å². The fourth-order valence-electron chi connectivity index (χ4n) is 4.38. The molecule has 1 aliphatic rings. The standard InChI is InChI=1S/C26H24ClFN4O3S/c1-15-23-25(36-24(15)26(33)34)30-21(31(23)2)13-32-10-8-16(9-11-32)20-4-3-5-22(29-20)35-14-17-6-7-18(27)12-19(17)28/h3-8,12H,9-11,13-14H2,1-2H3,(H,33,34). The van der Waals surface area contributed by atoms with Gasteiger partial charge in [-0.3, -0.25) is 4.90 Å². The molecular formula is C26H24ClFN4O3S. The normalized spacial score (nSPS) is 14.3. The van der Waals surface area contributed by atoms with E-state index in [0.29, 0.717) is 27.9 Å². The highest BCUT2D eigenvalue weighted by molar-refractivity contribution is 7.20. The van der Waals surface area contributed by atoms with Gasteiger partial charge in [0.1, 0.15) is 28.0 Å². The van der Waals surface area contributed by atoms with Crippen molar-refractivity contribution in [3.05, 3.63) is 80.8 Å². The van der Waals surface area contributed by atoms with Gasteiger partial charge in [-0.15, -0.1) is 11.3 Å². The maximum absolute atomic E-state index is 14.0. The minimum Gasteiger partial charge on any atom is -0.477 e. The number of pyridine rings is 1. The molecule has 4 heterocycles. The minimum absolute atomic E-state index is 0.0703. The summed E-state index contributed by atoms with van der Waals surface area (Å²) in [5, 5.41) is 9.72. The Labute approximate surface area is 216 Å². The first-order valence-corrected chi connectivity index (χ1v) is 12.6. The molecule has 0 fully saturated rings. The molecule has 3 aromatic heterocycles. The molecule has 0 saturated carbocycles. The molecule has 0 aliphatic carbocycles. The van der Waals surface area contributed by atoms with Crippen molar-refractivity contribution >= 4 is 44.8 Å². The zero-order valence-electron chi connectivity index (χ0n) is 19.8. The van der Waals surface area contributed by atoms with Crippen molar-refractivity contribution in [2.24, 2.45) is 7.05 Å². The van der Waals surface area contributed by atoms with Gasteiger partial charge in [-0.05, 0) is 37.1 Å². The lowest BCUT2D eigenvalue weighted by Crippen LogP contribution is -2.29. The van der Waals surface area contributed by atoms with Crippen LogP contribution in [0, 0.1) is 12.7 Å². The molecule has 5 rings (SSSR count). The molecule has 0 amide bonds. The Kier molecular flexibility index (Phi) is 6.79. The van der Waals surface area contributed by atoms with Gasteiger partial charge in [0.05, 0.1) is 17.8 Å². The molecule has 1 aromatic carbocycles. The number of ether oxygens (including phenoxy) is 1. The van der Waals surface area contributed by atoms with Crippen LogP contribution in [-0.2, 0) is 20.2 Å². The van der Waals surface area contributed by atoms with Gasteiger partial charge in [0.15, 0.2) is 0 Å².